The van der Waals surface area contributed by atoms with Crippen LogP contribution in [-0.2, 0) is 15.8 Å². The van der Waals surface area contributed by atoms with E-state index >= 15 is 0 Å². The average Bonchev–Trinajstić information content (AvgIpc) is 2.52. The maximum Gasteiger partial charge on any atom is 0.416 e. The lowest BCUT2D eigenvalue weighted by Crippen LogP contribution is -2.53. The summed E-state index contributed by atoms with van der Waals surface area (Å²) in [4.78, 5) is 36.8. The Morgan fingerprint density at radius 1 is 0.958 bits per heavy atom. The molecule has 0 aromatic heterocycles. The van der Waals surface area contributed by atoms with Crippen LogP contribution in [0.2, 0.25) is 0 Å². The summed E-state index contributed by atoms with van der Waals surface area (Å²) >= 11 is 0. The highest BCUT2D eigenvalue weighted by Gasteiger charge is 2.33. The molecule has 0 atom stereocenters. The van der Waals surface area contributed by atoms with Crippen molar-refractivity contribution in [2.24, 2.45) is 5.73 Å². The number of alkyl halides is 3. The second-order valence-electron chi connectivity index (χ2n) is 5.17. The summed E-state index contributed by atoms with van der Waals surface area (Å²) < 4.78 is 51.4. The number of hydrogen-bond acceptors (Lipinski definition) is 3. The normalized spacial score (nSPS) is 15.3. The summed E-state index contributed by atoms with van der Waals surface area (Å²) in [6, 6.07) is 1.60. The van der Waals surface area contributed by atoms with E-state index in [9.17, 15) is 31.9 Å². The van der Waals surface area contributed by atoms with Crippen molar-refractivity contribution in [2.45, 2.75) is 6.18 Å². The van der Waals surface area contributed by atoms with Gasteiger partial charge in [-0.05, 0) is 18.2 Å². The van der Waals surface area contributed by atoms with Gasteiger partial charge in [0.2, 0.25) is 0 Å². The summed E-state index contributed by atoms with van der Waals surface area (Å²) in [5.41, 5.74) is 3.18. The Balaban J connectivity index is 2.12. The van der Waals surface area contributed by atoms with Gasteiger partial charge in [0.15, 0.2) is 0 Å². The SMILES string of the molecule is NC(=O)C(=O)N1CCN(C(=O)c2cc(F)cc(C(F)(F)F)c2)CC1. The number of halogens is 4. The fourth-order valence-electron chi connectivity index (χ4n) is 2.33. The topological polar surface area (TPSA) is 83.7 Å². The molecule has 1 heterocycles. The van der Waals surface area contributed by atoms with Crippen LogP contribution in [0, 0.1) is 5.82 Å². The van der Waals surface area contributed by atoms with E-state index in [1.54, 1.807) is 0 Å². The van der Waals surface area contributed by atoms with Crippen molar-refractivity contribution in [1.82, 2.24) is 9.80 Å². The number of carbonyl (C=O) groups excluding carboxylic acids is 3. The van der Waals surface area contributed by atoms with Crippen molar-refractivity contribution in [2.75, 3.05) is 26.2 Å². The van der Waals surface area contributed by atoms with Crippen LogP contribution < -0.4 is 5.73 Å². The molecule has 3 amide bonds. The van der Waals surface area contributed by atoms with Crippen molar-refractivity contribution in [3.63, 3.8) is 0 Å². The largest absolute Gasteiger partial charge is 0.416 e. The van der Waals surface area contributed by atoms with Gasteiger partial charge in [0.1, 0.15) is 5.82 Å². The van der Waals surface area contributed by atoms with Crippen LogP contribution in [0.4, 0.5) is 17.6 Å². The lowest BCUT2D eigenvalue weighted by atomic mass is 10.1. The maximum atomic E-state index is 13.4. The Bertz CT molecular complexity index is 682. The predicted octanol–water partition coefficient (Wildman–Crippen LogP) is 0.614. The second kappa shape index (κ2) is 6.46. The van der Waals surface area contributed by atoms with Gasteiger partial charge >= 0.3 is 18.0 Å². The van der Waals surface area contributed by atoms with E-state index in [1.807, 2.05) is 0 Å². The van der Waals surface area contributed by atoms with Gasteiger partial charge < -0.3 is 15.5 Å². The van der Waals surface area contributed by atoms with Crippen molar-refractivity contribution in [1.29, 1.82) is 0 Å². The van der Waals surface area contributed by atoms with Crippen LogP contribution in [0.3, 0.4) is 0 Å². The molecule has 0 aliphatic carbocycles. The first kappa shape index (κ1) is 17.7. The molecule has 1 aliphatic heterocycles. The Hall–Kier alpha value is -2.65. The van der Waals surface area contributed by atoms with Crippen molar-refractivity contribution >= 4 is 17.7 Å². The van der Waals surface area contributed by atoms with E-state index in [0.717, 1.165) is 11.0 Å². The summed E-state index contributed by atoms with van der Waals surface area (Å²) in [5, 5.41) is 0. The molecule has 10 heteroatoms. The van der Waals surface area contributed by atoms with E-state index in [0.29, 0.717) is 12.1 Å². The Morgan fingerprint density at radius 2 is 1.50 bits per heavy atom. The quantitative estimate of drug-likeness (QED) is 0.597. The number of benzene rings is 1. The fraction of sp³-hybridized carbons (Fsp3) is 0.357. The standard InChI is InChI=1S/C14H13F4N3O3/c15-10-6-8(5-9(7-10)14(16,17)18)12(23)20-1-3-21(4-2-20)13(24)11(19)22/h5-7H,1-4H2,(H2,19,22). The number of nitrogens with two attached hydrogens (primary N) is 1. The first-order valence-corrected chi connectivity index (χ1v) is 6.85. The molecular formula is C14H13F4N3O3. The van der Waals surface area contributed by atoms with Crippen LogP contribution >= 0.6 is 0 Å². The molecule has 0 saturated carbocycles. The lowest BCUT2D eigenvalue weighted by molar-refractivity contribution is -0.145. The number of primary amides is 1. The molecule has 130 valence electrons. The van der Waals surface area contributed by atoms with Gasteiger partial charge in [-0.2, -0.15) is 13.2 Å². The first-order chi connectivity index (χ1) is 11.1. The van der Waals surface area contributed by atoms with E-state index in [1.165, 1.54) is 4.90 Å². The average molecular weight is 347 g/mol. The predicted molar refractivity (Wildman–Crippen MR) is 73.1 cm³/mol. The van der Waals surface area contributed by atoms with Crippen LogP contribution in [0.1, 0.15) is 15.9 Å². The molecule has 0 spiro atoms. The maximum absolute atomic E-state index is 13.4. The van der Waals surface area contributed by atoms with Gasteiger partial charge in [0.25, 0.3) is 5.91 Å². The van der Waals surface area contributed by atoms with Gasteiger partial charge in [-0.3, -0.25) is 14.4 Å². The third-order valence-electron chi connectivity index (χ3n) is 3.54. The molecule has 24 heavy (non-hydrogen) atoms. The van der Waals surface area contributed by atoms with Gasteiger partial charge in [0.05, 0.1) is 5.56 Å². The lowest BCUT2D eigenvalue weighted by Gasteiger charge is -2.34. The van der Waals surface area contributed by atoms with Gasteiger partial charge in [-0.15, -0.1) is 0 Å². The summed E-state index contributed by atoms with van der Waals surface area (Å²) in [5.74, 6) is -3.98. The van der Waals surface area contributed by atoms with Crippen LogP contribution in [-0.4, -0.2) is 53.7 Å². The summed E-state index contributed by atoms with van der Waals surface area (Å²) in [6.07, 6.45) is -4.77. The number of hydrogen-bond donors (Lipinski definition) is 1. The van der Waals surface area contributed by atoms with E-state index in [2.05, 4.69) is 0 Å². The first-order valence-electron chi connectivity index (χ1n) is 6.85. The second-order valence-corrected chi connectivity index (χ2v) is 5.17. The minimum absolute atomic E-state index is 0.00425. The number of carbonyl (C=O) groups is 3. The molecule has 1 aromatic rings. The minimum atomic E-state index is -4.77. The van der Waals surface area contributed by atoms with E-state index < -0.39 is 40.8 Å². The van der Waals surface area contributed by atoms with E-state index in [-0.39, 0.29) is 26.2 Å². The third kappa shape index (κ3) is 3.81. The minimum Gasteiger partial charge on any atom is -0.361 e. The molecular weight excluding hydrogens is 334 g/mol. The van der Waals surface area contributed by atoms with Crippen LogP contribution in [0.25, 0.3) is 0 Å². The zero-order chi connectivity index (χ0) is 18.1. The van der Waals surface area contributed by atoms with Gasteiger partial charge in [0, 0.05) is 31.7 Å². The van der Waals surface area contributed by atoms with Gasteiger partial charge in [-0.1, -0.05) is 0 Å². The molecule has 2 N–H and O–H groups in total. The molecule has 1 fully saturated rings. The highest BCUT2D eigenvalue weighted by Crippen LogP contribution is 2.30. The zero-order valence-corrected chi connectivity index (χ0v) is 12.3. The zero-order valence-electron chi connectivity index (χ0n) is 12.3. The Labute approximate surface area is 133 Å². The molecule has 6 nitrogen and oxygen atoms in total. The molecule has 0 bridgehead atoms. The molecule has 1 aliphatic rings. The number of rotatable bonds is 1. The fourth-order valence-corrected chi connectivity index (χ4v) is 2.33. The van der Waals surface area contributed by atoms with Crippen molar-refractivity contribution < 1.29 is 31.9 Å². The monoisotopic (exact) mass is 347 g/mol. The van der Waals surface area contributed by atoms with E-state index in [4.69, 9.17) is 5.73 Å². The number of nitrogens with zero attached hydrogens (tertiary/aromatic N) is 2. The van der Waals surface area contributed by atoms with Crippen LogP contribution in [0.5, 0.6) is 0 Å². The molecule has 1 saturated heterocycles. The third-order valence-corrected chi connectivity index (χ3v) is 3.54. The molecule has 1 aromatic carbocycles. The van der Waals surface area contributed by atoms with Crippen molar-refractivity contribution in [3.05, 3.63) is 35.1 Å². The smallest absolute Gasteiger partial charge is 0.361 e. The molecule has 0 unspecified atom stereocenters. The van der Waals surface area contributed by atoms with Crippen LogP contribution in [0.15, 0.2) is 18.2 Å². The van der Waals surface area contributed by atoms with Gasteiger partial charge in [-0.25, -0.2) is 4.39 Å². The molecule has 2 rings (SSSR count). The Kier molecular flexibility index (Phi) is 4.76. The summed E-state index contributed by atoms with van der Waals surface area (Å²) in [7, 11) is 0. The highest BCUT2D eigenvalue weighted by molar-refractivity contribution is 6.34. The molecule has 0 radical (unpaired) electrons. The highest BCUT2D eigenvalue weighted by atomic mass is 19.4. The Morgan fingerprint density at radius 3 is 2.00 bits per heavy atom. The summed E-state index contributed by atoms with van der Waals surface area (Å²) in [6.45, 7) is 0.00928. The number of amides is 3. The number of piperazine rings is 1. The van der Waals surface area contributed by atoms with Crippen molar-refractivity contribution in [3.8, 4) is 0 Å².